The molecule has 0 bridgehead atoms. The molecule has 0 saturated heterocycles. The van der Waals surface area contributed by atoms with E-state index < -0.39 is 5.54 Å². The molecule has 0 aliphatic heterocycles. The van der Waals surface area contributed by atoms with Gasteiger partial charge in [-0.3, -0.25) is 10.1 Å². The van der Waals surface area contributed by atoms with Crippen LogP contribution in [0.1, 0.15) is 78.1 Å². The van der Waals surface area contributed by atoms with Gasteiger partial charge in [-0.05, 0) is 6.42 Å². The first-order chi connectivity index (χ1) is 8.56. The third kappa shape index (κ3) is 7.64. The molecule has 0 aromatic carbocycles. The van der Waals surface area contributed by atoms with Gasteiger partial charge < -0.3 is 5.11 Å². The number of nitro groups is 1. The van der Waals surface area contributed by atoms with Crippen molar-refractivity contribution in [2.75, 3.05) is 6.61 Å². The zero-order valence-electron chi connectivity index (χ0n) is 12.0. The molecule has 0 radical (unpaired) electrons. The van der Waals surface area contributed by atoms with Crippen molar-refractivity contribution in [1.82, 2.24) is 0 Å². The Kier molecular flexibility index (Phi) is 9.93. The molecule has 0 aliphatic carbocycles. The number of nitrogens with zero attached hydrogens (tertiary/aromatic N) is 1. The summed E-state index contributed by atoms with van der Waals surface area (Å²) >= 11 is 0. The largest absolute Gasteiger partial charge is 0.389 e. The van der Waals surface area contributed by atoms with Crippen LogP contribution in [0.5, 0.6) is 0 Å². The number of aliphatic hydroxyl groups excluding tert-OH is 1. The Labute approximate surface area is 111 Å². The minimum absolute atomic E-state index is 0.349. The van der Waals surface area contributed by atoms with Crippen LogP contribution in [0.3, 0.4) is 0 Å². The second-order valence-electron chi connectivity index (χ2n) is 5.49. The Morgan fingerprint density at radius 2 is 1.44 bits per heavy atom. The summed E-state index contributed by atoms with van der Waals surface area (Å²) in [4.78, 5) is 10.4. The molecule has 4 nitrogen and oxygen atoms in total. The van der Waals surface area contributed by atoms with Gasteiger partial charge in [0.05, 0.1) is 0 Å². The van der Waals surface area contributed by atoms with E-state index in [1.165, 1.54) is 45.4 Å². The highest BCUT2D eigenvalue weighted by atomic mass is 16.6. The lowest BCUT2D eigenvalue weighted by Crippen LogP contribution is -2.38. The lowest BCUT2D eigenvalue weighted by Gasteiger charge is -2.17. The molecule has 108 valence electrons. The van der Waals surface area contributed by atoms with Gasteiger partial charge in [0.15, 0.2) is 0 Å². The number of rotatable bonds is 12. The van der Waals surface area contributed by atoms with Crippen LogP contribution in [-0.4, -0.2) is 22.2 Å². The second-order valence-corrected chi connectivity index (χ2v) is 5.49. The minimum Gasteiger partial charge on any atom is -0.389 e. The van der Waals surface area contributed by atoms with Crippen molar-refractivity contribution in [1.29, 1.82) is 0 Å². The molecule has 1 atom stereocenters. The van der Waals surface area contributed by atoms with Crippen LogP contribution in [0, 0.1) is 10.1 Å². The summed E-state index contributed by atoms with van der Waals surface area (Å²) in [5, 5.41) is 19.8. The fourth-order valence-corrected chi connectivity index (χ4v) is 2.04. The molecular weight excluding hydrogens is 230 g/mol. The van der Waals surface area contributed by atoms with Crippen LogP contribution in [0.15, 0.2) is 0 Å². The standard InChI is InChI=1S/C14H29NO3/c1-3-4-5-6-7-8-9-10-11-12-14(2,13-16)15(17)18/h16H,3-13H2,1-2H3. The lowest BCUT2D eigenvalue weighted by atomic mass is 9.95. The fraction of sp³-hybridized carbons (Fsp3) is 1.00. The maximum Gasteiger partial charge on any atom is 0.242 e. The van der Waals surface area contributed by atoms with E-state index in [9.17, 15) is 10.1 Å². The average Bonchev–Trinajstić information content (AvgIpc) is 2.36. The van der Waals surface area contributed by atoms with Crippen molar-refractivity contribution in [3.8, 4) is 0 Å². The van der Waals surface area contributed by atoms with Crippen molar-refractivity contribution < 1.29 is 10.0 Å². The maximum atomic E-state index is 10.8. The average molecular weight is 259 g/mol. The molecule has 0 amide bonds. The smallest absolute Gasteiger partial charge is 0.242 e. The summed E-state index contributed by atoms with van der Waals surface area (Å²) in [7, 11) is 0. The Morgan fingerprint density at radius 1 is 1.00 bits per heavy atom. The quantitative estimate of drug-likeness (QED) is 0.328. The molecule has 0 aromatic rings. The number of hydrogen-bond acceptors (Lipinski definition) is 3. The molecule has 1 N–H and O–H groups in total. The van der Waals surface area contributed by atoms with E-state index in [4.69, 9.17) is 5.11 Å². The first-order valence-corrected chi connectivity index (χ1v) is 7.32. The van der Waals surface area contributed by atoms with Crippen LogP contribution in [-0.2, 0) is 0 Å². The molecule has 0 aliphatic rings. The van der Waals surface area contributed by atoms with Gasteiger partial charge in [0.25, 0.3) is 0 Å². The van der Waals surface area contributed by atoms with Gasteiger partial charge in [0.1, 0.15) is 6.61 Å². The molecule has 0 rings (SSSR count). The van der Waals surface area contributed by atoms with Gasteiger partial charge in [-0.1, -0.05) is 58.3 Å². The summed E-state index contributed by atoms with van der Waals surface area (Å²) in [6.45, 7) is 3.38. The molecule has 4 heteroatoms. The molecule has 0 heterocycles. The van der Waals surface area contributed by atoms with Crippen molar-refractivity contribution in [3.63, 3.8) is 0 Å². The maximum absolute atomic E-state index is 10.8. The van der Waals surface area contributed by atoms with Gasteiger partial charge in [-0.2, -0.15) is 0 Å². The Balaban J connectivity index is 3.42. The second kappa shape index (κ2) is 10.3. The van der Waals surface area contributed by atoms with E-state index in [2.05, 4.69) is 6.92 Å². The molecule has 0 saturated carbocycles. The highest BCUT2D eigenvalue weighted by Crippen LogP contribution is 2.19. The molecule has 1 unspecified atom stereocenters. The third-order valence-electron chi connectivity index (χ3n) is 3.60. The number of hydrogen-bond donors (Lipinski definition) is 1. The topological polar surface area (TPSA) is 63.4 Å². The summed E-state index contributed by atoms with van der Waals surface area (Å²) in [6, 6.07) is 0. The highest BCUT2D eigenvalue weighted by Gasteiger charge is 2.35. The van der Waals surface area contributed by atoms with Gasteiger partial charge >= 0.3 is 0 Å². The SMILES string of the molecule is CCCCCCCCCCCC(C)(CO)[N+](=O)[O-]. The van der Waals surface area contributed by atoms with E-state index in [0.29, 0.717) is 6.42 Å². The van der Waals surface area contributed by atoms with Crippen molar-refractivity contribution in [2.45, 2.75) is 83.6 Å². The summed E-state index contributed by atoms with van der Waals surface area (Å²) < 4.78 is 0. The normalized spacial score (nSPS) is 14.4. The van der Waals surface area contributed by atoms with Gasteiger partial charge in [-0.25, -0.2) is 0 Å². The zero-order valence-corrected chi connectivity index (χ0v) is 12.0. The molecule has 18 heavy (non-hydrogen) atoms. The summed E-state index contributed by atoms with van der Waals surface area (Å²) in [5.41, 5.74) is -1.14. The first kappa shape index (κ1) is 17.4. The Morgan fingerprint density at radius 3 is 1.83 bits per heavy atom. The zero-order chi connectivity index (χ0) is 13.9. The van der Waals surface area contributed by atoms with E-state index in [1.54, 1.807) is 0 Å². The van der Waals surface area contributed by atoms with E-state index in [0.717, 1.165) is 19.3 Å². The highest BCUT2D eigenvalue weighted by molar-refractivity contribution is 4.72. The van der Waals surface area contributed by atoms with Crippen molar-refractivity contribution in [3.05, 3.63) is 10.1 Å². The molecule has 0 spiro atoms. The van der Waals surface area contributed by atoms with E-state index in [1.807, 2.05) is 0 Å². The van der Waals surface area contributed by atoms with Crippen LogP contribution in [0.4, 0.5) is 0 Å². The monoisotopic (exact) mass is 259 g/mol. The number of unbranched alkanes of at least 4 members (excludes halogenated alkanes) is 8. The van der Waals surface area contributed by atoms with E-state index in [-0.39, 0.29) is 11.5 Å². The Hall–Kier alpha value is -0.640. The predicted molar refractivity (Wildman–Crippen MR) is 74.3 cm³/mol. The summed E-state index contributed by atoms with van der Waals surface area (Å²) in [5.74, 6) is 0. The van der Waals surface area contributed by atoms with Crippen molar-refractivity contribution >= 4 is 0 Å². The van der Waals surface area contributed by atoms with Gasteiger partial charge in [0, 0.05) is 18.3 Å². The van der Waals surface area contributed by atoms with E-state index >= 15 is 0 Å². The van der Waals surface area contributed by atoms with Crippen LogP contribution >= 0.6 is 0 Å². The first-order valence-electron chi connectivity index (χ1n) is 7.32. The number of aliphatic hydroxyl groups is 1. The third-order valence-corrected chi connectivity index (χ3v) is 3.60. The molecular formula is C14H29NO3. The van der Waals surface area contributed by atoms with Crippen LogP contribution in [0.2, 0.25) is 0 Å². The Bertz CT molecular complexity index is 221. The van der Waals surface area contributed by atoms with Crippen molar-refractivity contribution in [2.24, 2.45) is 0 Å². The summed E-state index contributed by atoms with van der Waals surface area (Å²) in [6.07, 6.45) is 11.3. The van der Waals surface area contributed by atoms with Crippen LogP contribution < -0.4 is 0 Å². The molecule has 0 aromatic heterocycles. The van der Waals surface area contributed by atoms with Gasteiger partial charge in [-0.15, -0.1) is 0 Å². The molecule has 0 fully saturated rings. The minimum atomic E-state index is -1.14. The predicted octanol–water partition coefficient (Wildman–Crippen LogP) is 3.94. The lowest BCUT2D eigenvalue weighted by molar-refractivity contribution is -0.570. The van der Waals surface area contributed by atoms with Crippen LogP contribution in [0.25, 0.3) is 0 Å². The van der Waals surface area contributed by atoms with Gasteiger partial charge in [0.2, 0.25) is 5.54 Å². The fourth-order valence-electron chi connectivity index (χ4n) is 2.04.